The smallest absolute Gasteiger partial charge is 0.410 e. The molecule has 2 aliphatic heterocycles. The van der Waals surface area contributed by atoms with Gasteiger partial charge in [-0.1, -0.05) is 0 Å². The van der Waals surface area contributed by atoms with E-state index in [4.69, 9.17) is 14.2 Å². The Balaban J connectivity index is 1.30. The maximum atomic E-state index is 15.1. The molecule has 0 radical (unpaired) electrons. The number of piperidine rings is 1. The van der Waals surface area contributed by atoms with E-state index >= 15 is 4.39 Å². The Morgan fingerprint density at radius 1 is 1.18 bits per heavy atom. The molecule has 1 N–H and O–H groups in total. The van der Waals surface area contributed by atoms with Crippen LogP contribution in [0.5, 0.6) is 5.88 Å². The highest BCUT2D eigenvalue weighted by Gasteiger charge is 2.47. The molecule has 1 aliphatic carbocycles. The van der Waals surface area contributed by atoms with Gasteiger partial charge in [0.1, 0.15) is 29.7 Å². The quantitative estimate of drug-likeness (QED) is 0.723. The van der Waals surface area contributed by atoms with Crippen LogP contribution in [0.4, 0.5) is 29.5 Å². The normalized spacial score (nSPS) is 25.3. The third-order valence-corrected chi connectivity index (χ3v) is 6.24. The summed E-state index contributed by atoms with van der Waals surface area (Å²) < 4.78 is 59.3. The second-order valence-electron chi connectivity index (χ2n) is 8.95. The number of carbonyl (C=O) groups is 1. The Bertz CT molecular complexity index is 1050. The van der Waals surface area contributed by atoms with E-state index in [-0.39, 0.29) is 40.9 Å². The second-order valence-corrected chi connectivity index (χ2v) is 8.95. The predicted molar refractivity (Wildman–Crippen MR) is 110 cm³/mol. The van der Waals surface area contributed by atoms with Crippen molar-refractivity contribution in [3.05, 3.63) is 42.0 Å². The average molecular weight is 464 g/mol. The third-order valence-electron chi connectivity index (χ3n) is 6.24. The lowest BCUT2D eigenvalue weighted by Gasteiger charge is -2.46. The van der Waals surface area contributed by atoms with Crippen molar-refractivity contribution in [3.63, 3.8) is 0 Å². The van der Waals surface area contributed by atoms with Gasteiger partial charge in [0, 0.05) is 31.0 Å². The van der Waals surface area contributed by atoms with Gasteiger partial charge in [-0.3, -0.25) is 0 Å². The molecule has 2 unspecified atom stereocenters. The number of rotatable bonds is 5. The molecule has 3 fully saturated rings. The zero-order valence-electron chi connectivity index (χ0n) is 17.9. The Morgan fingerprint density at radius 2 is 1.91 bits per heavy atom. The van der Waals surface area contributed by atoms with Crippen molar-refractivity contribution in [2.75, 3.05) is 31.6 Å². The van der Waals surface area contributed by atoms with Crippen LogP contribution in [0.3, 0.4) is 0 Å². The van der Waals surface area contributed by atoms with Crippen LogP contribution in [0.1, 0.15) is 19.8 Å². The number of nitrogens with zero attached hydrogens (tertiary/aromatic N) is 3. The third kappa shape index (κ3) is 4.54. The van der Waals surface area contributed by atoms with Gasteiger partial charge < -0.3 is 24.4 Å². The molecule has 2 bridgehead atoms. The molecule has 2 aromatic rings. The molecular formula is C22H23F3N4O4. The van der Waals surface area contributed by atoms with E-state index in [1.807, 2.05) is 6.92 Å². The summed E-state index contributed by atoms with van der Waals surface area (Å²) in [5.74, 6) is -3.52. The average Bonchev–Trinajstić information content (AvgIpc) is 3.48. The molecular weight excluding hydrogens is 441 g/mol. The van der Waals surface area contributed by atoms with E-state index in [2.05, 4.69) is 15.3 Å². The number of hydrogen-bond acceptors (Lipinski definition) is 7. The fraction of sp³-hybridized carbons (Fsp3) is 0.500. The van der Waals surface area contributed by atoms with E-state index < -0.39 is 23.6 Å². The number of carbonyl (C=O) groups excluding carboxylic acids is 1. The van der Waals surface area contributed by atoms with Gasteiger partial charge in [-0.05, 0) is 31.9 Å². The zero-order chi connectivity index (χ0) is 23.2. The lowest BCUT2D eigenvalue weighted by Crippen LogP contribution is -2.59. The molecule has 1 saturated carbocycles. The van der Waals surface area contributed by atoms with Gasteiger partial charge in [0.25, 0.3) is 5.88 Å². The Hall–Kier alpha value is -3.08. The number of likely N-dealkylation sites (tertiary alicyclic amines) is 1. The number of nitrogens with one attached hydrogen (secondary N) is 1. The molecule has 8 nitrogen and oxygen atoms in total. The molecule has 1 amide bonds. The number of amides is 1. The maximum absolute atomic E-state index is 15.1. The summed E-state index contributed by atoms with van der Waals surface area (Å²) in [6.07, 6.45) is 2.03. The van der Waals surface area contributed by atoms with Crippen molar-refractivity contribution in [2.45, 2.75) is 31.5 Å². The van der Waals surface area contributed by atoms with Gasteiger partial charge in [-0.25, -0.2) is 18.6 Å². The Kier molecular flexibility index (Phi) is 5.51. The summed E-state index contributed by atoms with van der Waals surface area (Å²) in [5.41, 5.74) is -0.505. The van der Waals surface area contributed by atoms with E-state index in [0.717, 1.165) is 31.3 Å². The topological polar surface area (TPSA) is 85.8 Å². The molecule has 3 aliphatic rings. The van der Waals surface area contributed by atoms with E-state index in [0.29, 0.717) is 32.4 Å². The van der Waals surface area contributed by atoms with Crippen LogP contribution < -0.4 is 10.1 Å². The summed E-state index contributed by atoms with van der Waals surface area (Å²) in [6, 6.07) is 2.87. The molecule has 5 rings (SSSR count). The monoisotopic (exact) mass is 464 g/mol. The molecule has 2 saturated heterocycles. The standard InChI is InChI=1S/C22H23F3N4O4/c1-22(4-5-22)33-21(30)29-7-12-9-31-10-13(8-29)18(12)32-20-17(25)19(26-11-27-20)28-16-3-2-14(23)6-15(16)24/h2-3,6,11-13,18H,4-5,7-10H2,1H3,(H,26,27,28). The highest BCUT2D eigenvalue weighted by Crippen LogP contribution is 2.40. The SMILES string of the molecule is CC1(OC(=O)N2CC3COCC(C2)C3Oc2ncnc(Nc3ccc(F)cc3F)c2F)CC1. The van der Waals surface area contributed by atoms with Crippen molar-refractivity contribution in [3.8, 4) is 5.88 Å². The molecule has 176 valence electrons. The van der Waals surface area contributed by atoms with Crippen LogP contribution in [-0.4, -0.2) is 59.0 Å². The number of hydrogen-bond donors (Lipinski definition) is 1. The highest BCUT2D eigenvalue weighted by molar-refractivity contribution is 5.68. The van der Waals surface area contributed by atoms with Gasteiger partial charge >= 0.3 is 6.09 Å². The van der Waals surface area contributed by atoms with Gasteiger partial charge in [-0.2, -0.15) is 9.37 Å². The lowest BCUT2D eigenvalue weighted by molar-refractivity contribution is -0.112. The minimum atomic E-state index is -0.899. The summed E-state index contributed by atoms with van der Waals surface area (Å²) in [4.78, 5) is 21.9. The minimum absolute atomic E-state index is 0.138. The maximum Gasteiger partial charge on any atom is 0.410 e. The molecule has 11 heteroatoms. The van der Waals surface area contributed by atoms with Crippen LogP contribution >= 0.6 is 0 Å². The summed E-state index contributed by atoms with van der Waals surface area (Å²) >= 11 is 0. The Morgan fingerprint density at radius 3 is 2.58 bits per heavy atom. The van der Waals surface area contributed by atoms with Crippen molar-refractivity contribution in [1.29, 1.82) is 0 Å². The highest BCUT2D eigenvalue weighted by atomic mass is 19.1. The number of halogens is 3. The van der Waals surface area contributed by atoms with Gasteiger partial charge in [0.15, 0.2) is 5.82 Å². The first kappa shape index (κ1) is 21.7. The van der Waals surface area contributed by atoms with Crippen LogP contribution in [0.2, 0.25) is 0 Å². The number of fused-ring (bicyclic) bond motifs is 2. The van der Waals surface area contributed by atoms with Crippen LogP contribution in [0, 0.1) is 29.3 Å². The van der Waals surface area contributed by atoms with Gasteiger partial charge in [-0.15, -0.1) is 0 Å². The van der Waals surface area contributed by atoms with Crippen LogP contribution in [-0.2, 0) is 9.47 Å². The molecule has 2 atom stereocenters. The van der Waals surface area contributed by atoms with E-state index in [1.54, 1.807) is 4.90 Å². The number of anilines is 2. The van der Waals surface area contributed by atoms with Crippen LogP contribution in [0.15, 0.2) is 24.5 Å². The first-order valence-corrected chi connectivity index (χ1v) is 10.8. The molecule has 1 aromatic heterocycles. The zero-order valence-corrected chi connectivity index (χ0v) is 17.9. The summed E-state index contributed by atoms with van der Waals surface area (Å²) in [5, 5.41) is 2.50. The number of aromatic nitrogens is 2. The second kappa shape index (κ2) is 8.36. The molecule has 0 spiro atoms. The van der Waals surface area contributed by atoms with Crippen molar-refractivity contribution in [2.24, 2.45) is 11.8 Å². The predicted octanol–water partition coefficient (Wildman–Crippen LogP) is 3.65. The summed E-state index contributed by atoms with van der Waals surface area (Å²) in [6.45, 7) is 3.32. The van der Waals surface area contributed by atoms with Crippen molar-refractivity contribution in [1.82, 2.24) is 14.9 Å². The van der Waals surface area contributed by atoms with Crippen molar-refractivity contribution < 1.29 is 32.2 Å². The largest absolute Gasteiger partial charge is 0.471 e. The summed E-state index contributed by atoms with van der Waals surface area (Å²) in [7, 11) is 0. The lowest BCUT2D eigenvalue weighted by atomic mass is 9.84. The van der Waals surface area contributed by atoms with Crippen molar-refractivity contribution >= 4 is 17.6 Å². The first-order valence-electron chi connectivity index (χ1n) is 10.8. The van der Waals surface area contributed by atoms with E-state index in [9.17, 15) is 13.6 Å². The number of ether oxygens (including phenoxy) is 3. The van der Waals surface area contributed by atoms with Crippen LogP contribution in [0.25, 0.3) is 0 Å². The first-order chi connectivity index (χ1) is 15.8. The Labute approximate surface area is 188 Å². The molecule has 1 aromatic carbocycles. The van der Waals surface area contributed by atoms with E-state index in [1.165, 1.54) is 0 Å². The fourth-order valence-corrected chi connectivity index (χ4v) is 4.16. The van der Waals surface area contributed by atoms with Gasteiger partial charge in [0.05, 0.1) is 18.9 Å². The molecule has 3 heterocycles. The van der Waals surface area contributed by atoms with Gasteiger partial charge in [0.2, 0.25) is 5.82 Å². The fourth-order valence-electron chi connectivity index (χ4n) is 4.16. The molecule has 33 heavy (non-hydrogen) atoms. The number of benzene rings is 1. The minimum Gasteiger partial charge on any atom is -0.471 e.